The van der Waals surface area contributed by atoms with Crippen LogP contribution in [0.1, 0.15) is 46.1 Å². The van der Waals surface area contributed by atoms with Crippen LogP contribution in [-0.4, -0.2) is 23.4 Å². The molecule has 3 rings (SSSR count). The average Bonchev–Trinajstić information content (AvgIpc) is 2.74. The van der Waals surface area contributed by atoms with E-state index < -0.39 is 11.7 Å². The van der Waals surface area contributed by atoms with Crippen LogP contribution in [-0.2, 0) is 4.74 Å². The number of hydrogen-bond donors (Lipinski definition) is 1. The molecule has 1 amide bonds. The zero-order chi connectivity index (χ0) is 17.5. The molecule has 1 saturated carbocycles. The van der Waals surface area contributed by atoms with Gasteiger partial charge < -0.3 is 14.0 Å². The van der Waals surface area contributed by atoms with Crippen LogP contribution in [0.5, 0.6) is 5.75 Å². The van der Waals surface area contributed by atoms with Crippen molar-refractivity contribution in [3.63, 3.8) is 0 Å². The molecule has 5 nitrogen and oxygen atoms in total. The molecule has 1 fully saturated rings. The minimum Gasteiger partial charge on any atom is -0.497 e. The normalized spacial score (nSPS) is 15.2. The highest BCUT2D eigenvalue weighted by atomic mass is 19.1. The molecule has 0 spiro atoms. The quantitative estimate of drug-likeness (QED) is 0.872. The second-order valence-corrected chi connectivity index (χ2v) is 7.15. The zero-order valence-electron chi connectivity index (χ0n) is 14.5. The Labute approximate surface area is 140 Å². The van der Waals surface area contributed by atoms with Gasteiger partial charge in [0.15, 0.2) is 0 Å². The first kappa shape index (κ1) is 16.6. The molecule has 1 aliphatic rings. The minimum absolute atomic E-state index is 0.249. The number of carbonyl (C=O) groups excluding carboxylic acids is 1. The second-order valence-electron chi connectivity index (χ2n) is 7.15. The van der Waals surface area contributed by atoms with Crippen LogP contribution in [0.3, 0.4) is 0 Å². The SMILES string of the molecule is COc1cc(F)c2cc(NC(=O)OC(C)(C)C)n(C3CCC3)c2c1. The van der Waals surface area contributed by atoms with Crippen molar-refractivity contribution >= 4 is 22.8 Å². The predicted molar refractivity (Wildman–Crippen MR) is 91.2 cm³/mol. The van der Waals surface area contributed by atoms with E-state index >= 15 is 0 Å². The van der Waals surface area contributed by atoms with Crippen molar-refractivity contribution in [2.75, 3.05) is 12.4 Å². The van der Waals surface area contributed by atoms with E-state index in [1.165, 1.54) is 13.2 Å². The molecule has 0 unspecified atom stereocenters. The van der Waals surface area contributed by atoms with E-state index in [1.807, 2.05) is 4.57 Å². The van der Waals surface area contributed by atoms with Gasteiger partial charge in [0, 0.05) is 23.6 Å². The lowest BCUT2D eigenvalue weighted by Gasteiger charge is -2.30. The van der Waals surface area contributed by atoms with Gasteiger partial charge in [-0.25, -0.2) is 9.18 Å². The van der Waals surface area contributed by atoms with Crippen LogP contribution in [0, 0.1) is 5.82 Å². The molecular weight excluding hydrogens is 311 g/mol. The monoisotopic (exact) mass is 334 g/mol. The van der Waals surface area contributed by atoms with Crippen molar-refractivity contribution in [1.82, 2.24) is 4.57 Å². The van der Waals surface area contributed by atoms with Gasteiger partial charge in [0.1, 0.15) is 23.0 Å². The van der Waals surface area contributed by atoms with Crippen LogP contribution in [0.15, 0.2) is 18.2 Å². The van der Waals surface area contributed by atoms with Crippen LogP contribution in [0.4, 0.5) is 15.0 Å². The van der Waals surface area contributed by atoms with Crippen molar-refractivity contribution in [1.29, 1.82) is 0 Å². The first-order valence-corrected chi connectivity index (χ1v) is 8.17. The van der Waals surface area contributed by atoms with E-state index in [9.17, 15) is 9.18 Å². The number of amides is 1. The zero-order valence-corrected chi connectivity index (χ0v) is 14.5. The Bertz CT molecular complexity index is 773. The van der Waals surface area contributed by atoms with Gasteiger partial charge in [-0.1, -0.05) is 0 Å². The fourth-order valence-electron chi connectivity index (χ4n) is 2.92. The second kappa shape index (κ2) is 6.00. The summed E-state index contributed by atoms with van der Waals surface area (Å²) in [5, 5.41) is 3.23. The number of benzene rings is 1. The number of methoxy groups -OCH3 is 1. The Balaban J connectivity index is 2.03. The number of halogens is 1. The highest BCUT2D eigenvalue weighted by molar-refractivity contribution is 5.92. The molecule has 1 heterocycles. The summed E-state index contributed by atoms with van der Waals surface area (Å²) < 4.78 is 26.9. The third-order valence-electron chi connectivity index (χ3n) is 4.19. The average molecular weight is 334 g/mol. The van der Waals surface area contributed by atoms with E-state index in [4.69, 9.17) is 9.47 Å². The fraction of sp³-hybridized carbons (Fsp3) is 0.500. The Kier molecular flexibility index (Phi) is 4.15. The Morgan fingerprint density at radius 1 is 1.29 bits per heavy atom. The number of carbonyl (C=O) groups is 1. The maximum absolute atomic E-state index is 14.4. The van der Waals surface area contributed by atoms with Crippen LogP contribution in [0.25, 0.3) is 10.9 Å². The van der Waals surface area contributed by atoms with Crippen LogP contribution >= 0.6 is 0 Å². The summed E-state index contributed by atoms with van der Waals surface area (Å²) in [4.78, 5) is 12.1. The number of fused-ring (bicyclic) bond motifs is 1. The van der Waals surface area contributed by atoms with E-state index in [0.29, 0.717) is 17.0 Å². The van der Waals surface area contributed by atoms with Gasteiger partial charge in [-0.3, -0.25) is 5.32 Å². The van der Waals surface area contributed by atoms with Crippen LogP contribution in [0.2, 0.25) is 0 Å². The summed E-state index contributed by atoms with van der Waals surface area (Å²) in [5.74, 6) is 0.647. The first-order valence-electron chi connectivity index (χ1n) is 8.17. The number of ether oxygens (including phenoxy) is 2. The van der Waals surface area contributed by atoms with Gasteiger partial charge >= 0.3 is 6.09 Å². The maximum atomic E-state index is 14.4. The molecule has 0 bridgehead atoms. The van der Waals surface area contributed by atoms with Gasteiger partial charge in [-0.15, -0.1) is 0 Å². The topological polar surface area (TPSA) is 52.5 Å². The molecule has 1 aliphatic carbocycles. The Hall–Kier alpha value is -2.24. The fourth-order valence-corrected chi connectivity index (χ4v) is 2.92. The van der Waals surface area contributed by atoms with E-state index in [-0.39, 0.29) is 11.9 Å². The van der Waals surface area contributed by atoms with E-state index in [1.54, 1.807) is 32.9 Å². The third kappa shape index (κ3) is 3.18. The Morgan fingerprint density at radius 3 is 2.54 bits per heavy atom. The molecule has 0 atom stereocenters. The highest BCUT2D eigenvalue weighted by Gasteiger charge is 2.27. The minimum atomic E-state index is -0.591. The third-order valence-corrected chi connectivity index (χ3v) is 4.19. The van der Waals surface area contributed by atoms with Crippen molar-refractivity contribution in [3.05, 3.63) is 24.0 Å². The lowest BCUT2D eigenvalue weighted by molar-refractivity contribution is 0.0634. The van der Waals surface area contributed by atoms with Crippen molar-refractivity contribution in [2.45, 2.75) is 51.7 Å². The van der Waals surface area contributed by atoms with Gasteiger partial charge in [-0.2, -0.15) is 0 Å². The molecule has 24 heavy (non-hydrogen) atoms. The standard InChI is InChI=1S/C18H23FN2O3/c1-18(2,3)24-17(22)20-16-10-13-14(19)8-12(23-4)9-15(13)21(16)11-6-5-7-11/h8-11H,5-7H2,1-4H3,(H,20,22). The summed E-state index contributed by atoms with van der Waals surface area (Å²) in [6, 6.07) is 5.06. The van der Waals surface area contributed by atoms with Crippen LogP contribution < -0.4 is 10.1 Å². The lowest BCUT2D eigenvalue weighted by atomic mass is 9.93. The molecule has 130 valence electrons. The smallest absolute Gasteiger partial charge is 0.413 e. The molecule has 1 aromatic heterocycles. The molecule has 0 saturated heterocycles. The van der Waals surface area contributed by atoms with Crippen molar-refractivity contribution < 1.29 is 18.7 Å². The van der Waals surface area contributed by atoms with E-state index in [0.717, 1.165) is 24.8 Å². The van der Waals surface area contributed by atoms with Gasteiger partial charge in [-0.05, 0) is 46.1 Å². The number of anilines is 1. The molecule has 2 aromatic rings. The summed E-state index contributed by atoms with van der Waals surface area (Å²) in [6.45, 7) is 5.41. The van der Waals surface area contributed by atoms with Crippen molar-refractivity contribution in [2.24, 2.45) is 0 Å². The molecule has 1 aromatic carbocycles. The van der Waals surface area contributed by atoms with Gasteiger partial charge in [0.05, 0.1) is 12.6 Å². The number of hydrogen-bond acceptors (Lipinski definition) is 3. The molecule has 6 heteroatoms. The molecule has 1 N–H and O–H groups in total. The van der Waals surface area contributed by atoms with Crippen molar-refractivity contribution in [3.8, 4) is 5.75 Å². The maximum Gasteiger partial charge on any atom is 0.413 e. The number of rotatable bonds is 3. The van der Waals surface area contributed by atoms with Gasteiger partial charge in [0.2, 0.25) is 0 Å². The molecule has 0 radical (unpaired) electrons. The largest absolute Gasteiger partial charge is 0.497 e. The number of aromatic nitrogens is 1. The van der Waals surface area contributed by atoms with Gasteiger partial charge in [0.25, 0.3) is 0 Å². The summed E-state index contributed by atoms with van der Waals surface area (Å²) in [5.41, 5.74) is 0.133. The van der Waals surface area contributed by atoms with E-state index in [2.05, 4.69) is 5.32 Å². The Morgan fingerprint density at radius 2 is 2.00 bits per heavy atom. The number of nitrogens with zero attached hydrogens (tertiary/aromatic N) is 1. The molecular formula is C18H23FN2O3. The lowest BCUT2D eigenvalue weighted by Crippen LogP contribution is -2.28. The predicted octanol–water partition coefficient (Wildman–Crippen LogP) is 4.86. The summed E-state index contributed by atoms with van der Waals surface area (Å²) in [7, 11) is 1.51. The highest BCUT2D eigenvalue weighted by Crippen LogP contribution is 2.40. The summed E-state index contributed by atoms with van der Waals surface area (Å²) >= 11 is 0. The number of nitrogens with one attached hydrogen (secondary N) is 1. The summed E-state index contributed by atoms with van der Waals surface area (Å²) in [6.07, 6.45) is 2.60. The molecule has 0 aliphatic heterocycles. The first-order chi connectivity index (χ1) is 11.3.